The van der Waals surface area contributed by atoms with Crippen LogP contribution in [0.3, 0.4) is 0 Å². The van der Waals surface area contributed by atoms with Gasteiger partial charge in [0.1, 0.15) is 0 Å². The minimum atomic E-state index is -3.11. The fraction of sp³-hybridized carbons (Fsp3) is 0.385. The first kappa shape index (κ1) is 14.7. The molecule has 0 aliphatic rings. The van der Waals surface area contributed by atoms with E-state index in [4.69, 9.17) is 4.74 Å². The van der Waals surface area contributed by atoms with Gasteiger partial charge in [-0.15, -0.1) is 6.58 Å². The highest BCUT2D eigenvalue weighted by Gasteiger charge is 2.10. The second-order valence-corrected chi connectivity index (χ2v) is 6.00. The van der Waals surface area contributed by atoms with Gasteiger partial charge in [-0.3, -0.25) is 0 Å². The number of rotatable bonds is 8. The zero-order chi connectivity index (χ0) is 13.4. The van der Waals surface area contributed by atoms with E-state index in [9.17, 15) is 8.42 Å². The molecule has 1 N–H and O–H groups in total. The Morgan fingerprint density at radius 2 is 2.00 bits per heavy atom. The number of hydrogen-bond acceptors (Lipinski definition) is 4. The summed E-state index contributed by atoms with van der Waals surface area (Å²) in [6.45, 7) is 6.99. The topological polar surface area (TPSA) is 55.4 Å². The van der Waals surface area contributed by atoms with Crippen LogP contribution >= 0.6 is 0 Å². The Bertz CT molecular complexity index is 466. The molecule has 4 nitrogen and oxygen atoms in total. The number of ether oxygens (including phenoxy) is 1. The van der Waals surface area contributed by atoms with Crippen LogP contribution in [0.5, 0.6) is 0 Å². The molecule has 0 radical (unpaired) electrons. The number of hydrogen-bond donors (Lipinski definition) is 1. The summed E-state index contributed by atoms with van der Waals surface area (Å²) in [5.41, 5.74) is 0.882. The third-order valence-electron chi connectivity index (χ3n) is 2.40. The van der Waals surface area contributed by atoms with E-state index in [-0.39, 0.29) is 5.75 Å². The largest absolute Gasteiger partial charge is 0.383 e. The Hall–Kier alpha value is -1.33. The molecule has 0 bridgehead atoms. The molecule has 1 rings (SSSR count). The first-order valence-corrected chi connectivity index (χ1v) is 7.50. The molecule has 100 valence electrons. The molecule has 5 heteroatoms. The average Bonchev–Trinajstić information content (AvgIpc) is 2.39. The van der Waals surface area contributed by atoms with E-state index >= 15 is 0 Å². The van der Waals surface area contributed by atoms with Gasteiger partial charge in [0, 0.05) is 12.2 Å². The highest BCUT2D eigenvalue weighted by molar-refractivity contribution is 7.91. The quantitative estimate of drug-likeness (QED) is 0.580. The van der Waals surface area contributed by atoms with Crippen LogP contribution in [0, 0.1) is 0 Å². The Morgan fingerprint density at radius 3 is 2.56 bits per heavy atom. The third kappa shape index (κ3) is 4.50. The van der Waals surface area contributed by atoms with Crippen LogP contribution < -0.4 is 5.32 Å². The normalized spacial score (nSPS) is 11.2. The van der Waals surface area contributed by atoms with Crippen molar-refractivity contribution in [2.75, 3.05) is 30.8 Å². The standard InChI is InChI=1S/C13H19NO3S/c1-3-10-17-11-9-14-12-5-7-13(8-6-12)18(15,16)4-2/h3,5-8,14H,1,4,9-11H2,2H3. The van der Waals surface area contributed by atoms with Crippen molar-refractivity contribution >= 4 is 15.5 Å². The van der Waals surface area contributed by atoms with E-state index in [1.807, 2.05) is 0 Å². The van der Waals surface area contributed by atoms with Crippen molar-refractivity contribution in [3.8, 4) is 0 Å². The van der Waals surface area contributed by atoms with Gasteiger partial charge in [0.2, 0.25) is 0 Å². The molecular weight excluding hydrogens is 250 g/mol. The first-order valence-electron chi connectivity index (χ1n) is 5.85. The van der Waals surface area contributed by atoms with Gasteiger partial charge in [-0.2, -0.15) is 0 Å². The highest BCUT2D eigenvalue weighted by Crippen LogP contribution is 2.14. The summed E-state index contributed by atoms with van der Waals surface area (Å²) in [6.07, 6.45) is 1.70. The molecule has 1 aromatic carbocycles. The van der Waals surface area contributed by atoms with Gasteiger partial charge in [0.05, 0.1) is 23.9 Å². The van der Waals surface area contributed by atoms with Crippen LogP contribution in [-0.4, -0.2) is 33.9 Å². The van der Waals surface area contributed by atoms with Crippen molar-refractivity contribution in [1.29, 1.82) is 0 Å². The van der Waals surface area contributed by atoms with Crippen LogP contribution in [0.25, 0.3) is 0 Å². The molecule has 18 heavy (non-hydrogen) atoms. The van der Waals surface area contributed by atoms with E-state index in [1.54, 1.807) is 37.3 Å². The van der Waals surface area contributed by atoms with Crippen molar-refractivity contribution in [2.45, 2.75) is 11.8 Å². The van der Waals surface area contributed by atoms with Gasteiger partial charge in [0.15, 0.2) is 9.84 Å². The van der Waals surface area contributed by atoms with Crippen molar-refractivity contribution < 1.29 is 13.2 Å². The summed E-state index contributed by atoms with van der Waals surface area (Å²) in [5, 5.41) is 3.15. The fourth-order valence-electron chi connectivity index (χ4n) is 1.38. The van der Waals surface area contributed by atoms with E-state index in [2.05, 4.69) is 11.9 Å². The van der Waals surface area contributed by atoms with E-state index in [1.165, 1.54) is 0 Å². The molecule has 0 aliphatic heterocycles. The fourth-order valence-corrected chi connectivity index (χ4v) is 2.27. The van der Waals surface area contributed by atoms with E-state index < -0.39 is 9.84 Å². The first-order chi connectivity index (χ1) is 8.60. The Kier molecular flexibility index (Phi) is 5.88. The molecule has 0 fully saturated rings. The van der Waals surface area contributed by atoms with Crippen LogP contribution in [0.15, 0.2) is 41.8 Å². The van der Waals surface area contributed by atoms with Gasteiger partial charge in [-0.1, -0.05) is 13.0 Å². The molecule has 0 saturated heterocycles. The van der Waals surface area contributed by atoms with E-state index in [0.29, 0.717) is 24.7 Å². The van der Waals surface area contributed by atoms with Gasteiger partial charge in [-0.25, -0.2) is 8.42 Å². The smallest absolute Gasteiger partial charge is 0.178 e. The number of sulfone groups is 1. The second-order valence-electron chi connectivity index (χ2n) is 3.72. The molecule has 0 unspecified atom stereocenters. The molecule has 0 aromatic heterocycles. The Labute approximate surface area is 109 Å². The minimum absolute atomic E-state index is 0.120. The highest BCUT2D eigenvalue weighted by atomic mass is 32.2. The van der Waals surface area contributed by atoms with Crippen molar-refractivity contribution in [3.63, 3.8) is 0 Å². The molecule has 0 aliphatic carbocycles. The predicted molar refractivity (Wildman–Crippen MR) is 73.7 cm³/mol. The van der Waals surface area contributed by atoms with Crippen molar-refractivity contribution in [1.82, 2.24) is 0 Å². The molecule has 0 spiro atoms. The van der Waals surface area contributed by atoms with Gasteiger partial charge < -0.3 is 10.1 Å². The summed E-state index contributed by atoms with van der Waals surface area (Å²) >= 11 is 0. The molecule has 1 aromatic rings. The maximum absolute atomic E-state index is 11.6. The van der Waals surface area contributed by atoms with Crippen molar-refractivity contribution in [3.05, 3.63) is 36.9 Å². The summed E-state index contributed by atoms with van der Waals surface area (Å²) in [4.78, 5) is 0.360. The lowest BCUT2D eigenvalue weighted by atomic mass is 10.3. The lowest BCUT2D eigenvalue weighted by Crippen LogP contribution is -2.09. The van der Waals surface area contributed by atoms with Gasteiger partial charge in [0.25, 0.3) is 0 Å². The SMILES string of the molecule is C=CCOCCNc1ccc(S(=O)(=O)CC)cc1. The summed E-state index contributed by atoms with van der Waals surface area (Å²) < 4.78 is 28.4. The van der Waals surface area contributed by atoms with Crippen LogP contribution in [0.1, 0.15) is 6.92 Å². The predicted octanol–water partition coefficient (Wildman–Crippen LogP) is 2.09. The second kappa shape index (κ2) is 7.18. The zero-order valence-electron chi connectivity index (χ0n) is 10.6. The number of benzene rings is 1. The molecule has 0 heterocycles. The zero-order valence-corrected chi connectivity index (χ0v) is 11.4. The van der Waals surface area contributed by atoms with Crippen LogP contribution in [0.4, 0.5) is 5.69 Å². The summed E-state index contributed by atoms with van der Waals surface area (Å²) in [6, 6.07) is 6.75. The van der Waals surface area contributed by atoms with Gasteiger partial charge >= 0.3 is 0 Å². The Morgan fingerprint density at radius 1 is 1.33 bits per heavy atom. The monoisotopic (exact) mass is 269 g/mol. The summed E-state index contributed by atoms with van der Waals surface area (Å²) in [7, 11) is -3.11. The molecule has 0 saturated carbocycles. The lowest BCUT2D eigenvalue weighted by Gasteiger charge is -2.07. The Balaban J connectivity index is 2.48. The van der Waals surface area contributed by atoms with Crippen molar-refractivity contribution in [2.24, 2.45) is 0 Å². The maximum atomic E-state index is 11.6. The van der Waals surface area contributed by atoms with Crippen LogP contribution in [-0.2, 0) is 14.6 Å². The third-order valence-corrected chi connectivity index (χ3v) is 4.16. The minimum Gasteiger partial charge on any atom is -0.383 e. The number of nitrogens with one attached hydrogen (secondary N) is 1. The lowest BCUT2D eigenvalue weighted by molar-refractivity contribution is 0.173. The molecule has 0 amide bonds. The summed E-state index contributed by atoms with van der Waals surface area (Å²) in [5.74, 6) is 0.120. The van der Waals surface area contributed by atoms with Gasteiger partial charge in [-0.05, 0) is 24.3 Å². The number of anilines is 1. The maximum Gasteiger partial charge on any atom is 0.178 e. The molecule has 0 atom stereocenters. The average molecular weight is 269 g/mol. The van der Waals surface area contributed by atoms with Crippen LogP contribution in [0.2, 0.25) is 0 Å². The van der Waals surface area contributed by atoms with E-state index in [0.717, 1.165) is 5.69 Å². The molecular formula is C13H19NO3S.